The van der Waals surface area contributed by atoms with E-state index >= 15 is 0 Å². The predicted octanol–water partition coefficient (Wildman–Crippen LogP) is 1.20. The van der Waals surface area contributed by atoms with E-state index in [2.05, 4.69) is 25.9 Å². The summed E-state index contributed by atoms with van der Waals surface area (Å²) in [6, 6.07) is 4.81. The fourth-order valence-electron chi connectivity index (χ4n) is 4.00. The van der Waals surface area contributed by atoms with E-state index in [9.17, 15) is 28.0 Å². The second-order valence-corrected chi connectivity index (χ2v) is 9.20. The van der Waals surface area contributed by atoms with Gasteiger partial charge in [-0.25, -0.2) is 9.07 Å². The lowest BCUT2D eigenvalue weighted by Crippen LogP contribution is -2.38. The van der Waals surface area contributed by atoms with Crippen molar-refractivity contribution in [3.05, 3.63) is 69.9 Å². The van der Waals surface area contributed by atoms with Crippen molar-refractivity contribution < 1.29 is 23.2 Å². The van der Waals surface area contributed by atoms with Crippen LogP contribution in [-0.2, 0) is 29.2 Å². The van der Waals surface area contributed by atoms with Gasteiger partial charge in [-0.3, -0.25) is 24.2 Å². The molecule has 14 heteroatoms. The molecular formula is C25H28F2N8O4. The number of nitrogens with one attached hydrogen (secondary N) is 2. The Kier molecular flexibility index (Phi) is 8.74. The molecule has 0 radical (unpaired) electrons. The minimum absolute atomic E-state index is 0.0152. The van der Waals surface area contributed by atoms with Crippen LogP contribution in [0.1, 0.15) is 41.0 Å². The molecule has 0 spiro atoms. The van der Waals surface area contributed by atoms with Crippen LogP contribution in [0.5, 0.6) is 0 Å². The second kappa shape index (κ2) is 12.4. The molecule has 4 rings (SSSR count). The van der Waals surface area contributed by atoms with Crippen LogP contribution >= 0.6 is 0 Å². The van der Waals surface area contributed by atoms with E-state index in [0.717, 1.165) is 34.7 Å². The van der Waals surface area contributed by atoms with Gasteiger partial charge in [0.25, 0.3) is 11.5 Å². The highest BCUT2D eigenvalue weighted by atomic mass is 19.1. The first-order valence-corrected chi connectivity index (χ1v) is 12.4. The van der Waals surface area contributed by atoms with E-state index in [0.29, 0.717) is 13.1 Å². The van der Waals surface area contributed by atoms with E-state index in [1.54, 1.807) is 6.20 Å². The molecule has 0 aliphatic carbocycles. The number of pyridine rings is 2. The van der Waals surface area contributed by atoms with Gasteiger partial charge in [-0.15, -0.1) is 5.10 Å². The zero-order valence-corrected chi connectivity index (χ0v) is 21.3. The van der Waals surface area contributed by atoms with Gasteiger partial charge < -0.3 is 20.1 Å². The molecule has 3 aromatic rings. The Bertz CT molecular complexity index is 1400. The largest absolute Gasteiger partial charge is 0.346 e. The van der Waals surface area contributed by atoms with Crippen molar-refractivity contribution in [3.63, 3.8) is 0 Å². The van der Waals surface area contributed by atoms with Gasteiger partial charge in [0.2, 0.25) is 5.82 Å². The zero-order valence-electron chi connectivity index (χ0n) is 21.3. The molecule has 1 aliphatic heterocycles. The van der Waals surface area contributed by atoms with Crippen LogP contribution in [-0.4, -0.2) is 66.4 Å². The molecule has 1 aliphatic rings. The molecule has 1 fully saturated rings. The highest BCUT2D eigenvalue weighted by Gasteiger charge is 2.25. The number of hydrogen-bond acceptors (Lipinski definition) is 7. The fraction of sp³-hybridized carbons (Fsp3) is 0.400. The lowest BCUT2D eigenvalue weighted by molar-refractivity contribution is -0.142. The number of anilines is 1. The van der Waals surface area contributed by atoms with Crippen molar-refractivity contribution >= 4 is 23.4 Å². The molecule has 1 saturated heterocycles. The number of halogens is 2. The number of amides is 3. The third-order valence-electron chi connectivity index (χ3n) is 6.21. The van der Waals surface area contributed by atoms with Crippen LogP contribution in [0.4, 0.5) is 14.5 Å². The molecule has 0 bridgehead atoms. The summed E-state index contributed by atoms with van der Waals surface area (Å²) in [6.07, 6.45) is 4.13. The maximum absolute atomic E-state index is 14.6. The lowest BCUT2D eigenvalue weighted by atomic mass is 10.2. The Labute approximate surface area is 222 Å². The SMILES string of the molecule is Cc1ccc(CNC(=O)c2cn(CC(F)CCn3ccc(NC(=O)C(=O)N4CCCC4)c(F)c3=O)nn2)cn1. The van der Waals surface area contributed by atoms with Gasteiger partial charge in [0.1, 0.15) is 6.17 Å². The third kappa shape index (κ3) is 7.09. The molecule has 1 atom stereocenters. The summed E-state index contributed by atoms with van der Waals surface area (Å²) < 4.78 is 31.3. The lowest BCUT2D eigenvalue weighted by Gasteiger charge is -2.15. The maximum atomic E-state index is 14.6. The first kappa shape index (κ1) is 27.5. The first-order chi connectivity index (χ1) is 18.7. The fourth-order valence-corrected chi connectivity index (χ4v) is 4.00. The molecule has 2 N–H and O–H groups in total. The summed E-state index contributed by atoms with van der Waals surface area (Å²) in [4.78, 5) is 54.4. The molecular weight excluding hydrogens is 514 g/mol. The van der Waals surface area contributed by atoms with Crippen LogP contribution in [0.2, 0.25) is 0 Å². The normalized spacial score (nSPS) is 13.8. The highest BCUT2D eigenvalue weighted by Crippen LogP contribution is 2.13. The van der Waals surface area contributed by atoms with E-state index in [1.807, 2.05) is 19.1 Å². The van der Waals surface area contributed by atoms with Crippen molar-refractivity contribution in [2.24, 2.45) is 0 Å². The average molecular weight is 543 g/mol. The summed E-state index contributed by atoms with van der Waals surface area (Å²) >= 11 is 0. The number of aromatic nitrogens is 5. The third-order valence-corrected chi connectivity index (χ3v) is 6.21. The van der Waals surface area contributed by atoms with Gasteiger partial charge in [0.15, 0.2) is 5.69 Å². The van der Waals surface area contributed by atoms with Crippen molar-refractivity contribution in [1.82, 2.24) is 34.8 Å². The minimum atomic E-state index is -1.48. The topological polar surface area (TPSA) is 144 Å². The van der Waals surface area contributed by atoms with E-state index in [4.69, 9.17) is 0 Å². The van der Waals surface area contributed by atoms with Crippen LogP contribution in [0.25, 0.3) is 0 Å². The van der Waals surface area contributed by atoms with Crippen LogP contribution in [0, 0.1) is 12.7 Å². The van der Waals surface area contributed by atoms with Gasteiger partial charge in [-0.1, -0.05) is 11.3 Å². The quantitative estimate of drug-likeness (QED) is 0.387. The van der Waals surface area contributed by atoms with Gasteiger partial charge in [0, 0.05) is 44.3 Å². The number of carbonyl (C=O) groups excluding carboxylic acids is 3. The standard InChI is InChI=1S/C25H28F2N8O4/c1-16-4-5-17(12-28-16)13-29-22(36)20-15-35(32-31-20)14-18(26)6-10-34-11-7-19(21(27)24(34)38)30-23(37)25(39)33-8-2-3-9-33/h4-5,7,11-12,15,18H,2-3,6,8-10,13-14H2,1H3,(H,29,36)(H,30,37). The highest BCUT2D eigenvalue weighted by molar-refractivity contribution is 6.39. The van der Waals surface area contributed by atoms with Crippen molar-refractivity contribution in [3.8, 4) is 0 Å². The Morgan fingerprint density at radius 2 is 1.92 bits per heavy atom. The summed E-state index contributed by atoms with van der Waals surface area (Å²) in [6.45, 7) is 2.63. The number of aryl methyl sites for hydroxylation is 2. The molecule has 12 nitrogen and oxygen atoms in total. The van der Waals surface area contributed by atoms with Crippen LogP contribution in [0.3, 0.4) is 0 Å². The molecule has 1 unspecified atom stereocenters. The molecule has 4 heterocycles. The number of carbonyl (C=O) groups is 3. The van der Waals surface area contributed by atoms with Crippen molar-refractivity contribution in [2.75, 3.05) is 18.4 Å². The Morgan fingerprint density at radius 3 is 2.64 bits per heavy atom. The average Bonchev–Trinajstić information content (AvgIpc) is 3.63. The molecule has 0 saturated carbocycles. The zero-order chi connectivity index (χ0) is 27.9. The van der Waals surface area contributed by atoms with Gasteiger partial charge in [-0.2, -0.15) is 4.39 Å². The minimum Gasteiger partial charge on any atom is -0.346 e. The molecule has 3 amide bonds. The van der Waals surface area contributed by atoms with E-state index < -0.39 is 41.0 Å². The van der Waals surface area contributed by atoms with Crippen LogP contribution in [0.15, 0.2) is 41.6 Å². The number of alkyl halides is 1. The smallest absolute Gasteiger partial charge is 0.313 e. The Morgan fingerprint density at radius 1 is 1.15 bits per heavy atom. The Hall–Kier alpha value is -4.49. The van der Waals surface area contributed by atoms with Gasteiger partial charge in [-0.05, 0) is 43.9 Å². The molecule has 0 aromatic carbocycles. The molecule has 39 heavy (non-hydrogen) atoms. The predicted molar refractivity (Wildman–Crippen MR) is 135 cm³/mol. The van der Waals surface area contributed by atoms with Crippen molar-refractivity contribution in [2.45, 2.75) is 52.0 Å². The monoisotopic (exact) mass is 542 g/mol. The number of nitrogens with zero attached hydrogens (tertiary/aromatic N) is 6. The summed E-state index contributed by atoms with van der Waals surface area (Å²) in [5, 5.41) is 12.4. The maximum Gasteiger partial charge on any atom is 0.313 e. The van der Waals surface area contributed by atoms with Crippen molar-refractivity contribution in [1.29, 1.82) is 0 Å². The van der Waals surface area contributed by atoms with E-state index in [-0.39, 0.29) is 31.7 Å². The van der Waals surface area contributed by atoms with E-state index in [1.165, 1.54) is 22.0 Å². The summed E-state index contributed by atoms with van der Waals surface area (Å²) in [5.41, 5.74) is 0.203. The van der Waals surface area contributed by atoms with Gasteiger partial charge in [0.05, 0.1) is 18.4 Å². The Balaban J connectivity index is 1.26. The number of likely N-dealkylation sites (tertiary alicyclic amines) is 1. The van der Waals surface area contributed by atoms with Gasteiger partial charge >= 0.3 is 11.8 Å². The first-order valence-electron chi connectivity index (χ1n) is 12.4. The number of rotatable bonds is 9. The number of hydrogen-bond donors (Lipinski definition) is 2. The summed E-state index contributed by atoms with van der Waals surface area (Å²) in [7, 11) is 0. The molecule has 3 aromatic heterocycles. The summed E-state index contributed by atoms with van der Waals surface area (Å²) in [5.74, 6) is -3.53. The van der Waals surface area contributed by atoms with Crippen LogP contribution < -0.4 is 16.2 Å². The second-order valence-electron chi connectivity index (χ2n) is 9.20. The molecule has 206 valence electrons.